The van der Waals surface area contributed by atoms with Gasteiger partial charge in [0.1, 0.15) is 9.92 Å². The molecule has 0 atom stereocenters. The number of nitrogens with one attached hydrogen (secondary N) is 1. The molecule has 7 heteroatoms. The average Bonchev–Trinajstić information content (AvgIpc) is 3.34. The Balaban J connectivity index is 1.49. The molecule has 4 aromatic rings. The van der Waals surface area contributed by atoms with Crippen LogP contribution >= 0.6 is 23.1 Å². The molecule has 31 heavy (non-hydrogen) atoms. The number of nitrogens with zero attached hydrogens (tertiary/aromatic N) is 2. The maximum absolute atomic E-state index is 13.0. The normalized spacial score (nSPS) is 11.4. The number of hydrogen-bond acceptors (Lipinski definition) is 6. The Hall–Kier alpha value is -2.61. The Morgan fingerprint density at radius 3 is 2.58 bits per heavy atom. The molecule has 5 nitrogen and oxygen atoms in total. The van der Waals surface area contributed by atoms with E-state index >= 15 is 0 Å². The maximum Gasteiger partial charge on any atom is 0.287 e. The van der Waals surface area contributed by atoms with Gasteiger partial charge in [0.2, 0.25) is 0 Å². The number of rotatable bonds is 8. The van der Waals surface area contributed by atoms with Crippen molar-refractivity contribution in [3.63, 3.8) is 0 Å². The first-order chi connectivity index (χ1) is 15.0. The molecule has 0 radical (unpaired) electrons. The predicted molar refractivity (Wildman–Crippen MR) is 128 cm³/mol. The largest absolute Gasteiger partial charge is 0.451 e. The zero-order valence-electron chi connectivity index (χ0n) is 17.8. The van der Waals surface area contributed by atoms with E-state index in [0.717, 1.165) is 38.7 Å². The lowest BCUT2D eigenvalue weighted by atomic mass is 10.1. The van der Waals surface area contributed by atoms with Crippen LogP contribution in [0.2, 0.25) is 0 Å². The van der Waals surface area contributed by atoms with E-state index in [-0.39, 0.29) is 5.91 Å². The lowest BCUT2D eigenvalue weighted by Gasteiger charge is -2.10. The Morgan fingerprint density at radius 2 is 1.87 bits per heavy atom. The summed E-state index contributed by atoms with van der Waals surface area (Å²) < 4.78 is 6.95. The van der Waals surface area contributed by atoms with Gasteiger partial charge in [-0.3, -0.25) is 4.79 Å². The van der Waals surface area contributed by atoms with Gasteiger partial charge in [0.25, 0.3) is 5.91 Å². The van der Waals surface area contributed by atoms with E-state index in [2.05, 4.69) is 39.5 Å². The van der Waals surface area contributed by atoms with Crippen molar-refractivity contribution in [1.82, 2.24) is 15.2 Å². The monoisotopic (exact) mass is 451 g/mol. The first-order valence-electron chi connectivity index (χ1n) is 10.1. The number of benzene rings is 2. The predicted octanol–water partition coefficient (Wildman–Crippen LogP) is 5.48. The first-order valence-corrected chi connectivity index (χ1v) is 11.9. The molecule has 160 valence electrons. The lowest BCUT2D eigenvalue weighted by Crippen LogP contribution is -2.23. The summed E-state index contributed by atoms with van der Waals surface area (Å²) in [5.74, 6) is 0.817. The van der Waals surface area contributed by atoms with Crippen LogP contribution < -0.4 is 5.32 Å². The van der Waals surface area contributed by atoms with Gasteiger partial charge >= 0.3 is 0 Å². The Morgan fingerprint density at radius 1 is 1.13 bits per heavy atom. The van der Waals surface area contributed by atoms with Crippen LogP contribution in [0.25, 0.3) is 11.0 Å². The summed E-state index contributed by atoms with van der Waals surface area (Å²) in [6, 6.07) is 16.1. The van der Waals surface area contributed by atoms with Crippen LogP contribution in [0.5, 0.6) is 0 Å². The van der Waals surface area contributed by atoms with Crippen LogP contribution in [0, 0.1) is 6.92 Å². The van der Waals surface area contributed by atoms with Crippen LogP contribution in [0.4, 0.5) is 0 Å². The van der Waals surface area contributed by atoms with Crippen molar-refractivity contribution in [3.8, 4) is 0 Å². The van der Waals surface area contributed by atoms with Crippen LogP contribution in [-0.2, 0) is 18.8 Å². The fourth-order valence-electron chi connectivity index (χ4n) is 3.35. The molecule has 4 rings (SSSR count). The number of aromatic nitrogens is 1. The highest BCUT2D eigenvalue weighted by Crippen LogP contribution is 2.33. The van der Waals surface area contributed by atoms with Gasteiger partial charge in [0, 0.05) is 40.9 Å². The van der Waals surface area contributed by atoms with Gasteiger partial charge in [0.15, 0.2) is 5.76 Å². The van der Waals surface area contributed by atoms with Gasteiger partial charge < -0.3 is 14.6 Å². The Labute approximate surface area is 190 Å². The Bertz CT molecular complexity index is 1180. The molecule has 2 aromatic heterocycles. The molecule has 2 heterocycles. The second kappa shape index (κ2) is 9.68. The topological polar surface area (TPSA) is 58.4 Å². The van der Waals surface area contributed by atoms with E-state index < -0.39 is 0 Å². The third-order valence-corrected chi connectivity index (χ3v) is 6.98. The van der Waals surface area contributed by atoms with Crippen LogP contribution in [0.15, 0.2) is 62.7 Å². The zero-order valence-corrected chi connectivity index (χ0v) is 19.5. The fraction of sp³-hybridized carbons (Fsp3) is 0.250. The van der Waals surface area contributed by atoms with Crippen LogP contribution in [0.3, 0.4) is 0 Å². The maximum atomic E-state index is 13.0. The standard InChI is InChI=1S/C24H25N3O2S2/c1-16-14-30-24(26-16)31-15-20-19-6-4-5-7-21(19)29-22(20)23(28)25-12-17-8-10-18(11-9-17)13-27(2)3/h4-11,14H,12-13,15H2,1-3H3,(H,25,28). The summed E-state index contributed by atoms with van der Waals surface area (Å²) in [5, 5.41) is 6.02. The van der Waals surface area contributed by atoms with Crippen molar-refractivity contribution < 1.29 is 9.21 Å². The molecule has 1 amide bonds. The Kier molecular flexibility index (Phi) is 6.75. The van der Waals surface area contributed by atoms with Gasteiger partial charge in [-0.15, -0.1) is 11.3 Å². The molecule has 1 N–H and O–H groups in total. The van der Waals surface area contributed by atoms with E-state index in [0.29, 0.717) is 18.1 Å². The number of thiazole rings is 1. The number of para-hydroxylation sites is 1. The highest BCUT2D eigenvalue weighted by molar-refractivity contribution is 8.00. The van der Waals surface area contributed by atoms with Crippen molar-refractivity contribution in [2.24, 2.45) is 0 Å². The number of hydrogen-bond donors (Lipinski definition) is 1. The van der Waals surface area contributed by atoms with Crippen molar-refractivity contribution in [3.05, 3.63) is 82.1 Å². The fourth-order valence-corrected chi connectivity index (χ4v) is 5.23. The quantitative estimate of drug-likeness (QED) is 0.359. The molecule has 0 bridgehead atoms. The van der Waals surface area contributed by atoms with Gasteiger partial charge in [-0.05, 0) is 38.2 Å². The molecule has 0 aliphatic heterocycles. The summed E-state index contributed by atoms with van der Waals surface area (Å²) in [6.45, 7) is 3.33. The van der Waals surface area contributed by atoms with Crippen LogP contribution in [-0.4, -0.2) is 29.9 Å². The average molecular weight is 452 g/mol. The van der Waals surface area contributed by atoms with Crippen molar-refractivity contribution in [2.75, 3.05) is 14.1 Å². The molecule has 0 saturated heterocycles. The first kappa shape index (κ1) is 21.6. The number of fused-ring (bicyclic) bond motifs is 1. The number of carbonyl (C=O) groups is 1. The minimum atomic E-state index is -0.195. The molecule has 0 saturated carbocycles. The van der Waals surface area contributed by atoms with Crippen molar-refractivity contribution >= 4 is 40.0 Å². The molecule has 0 aliphatic rings. The number of carbonyl (C=O) groups excluding carboxylic acids is 1. The van der Waals surface area contributed by atoms with E-state index in [1.54, 1.807) is 23.1 Å². The third kappa shape index (κ3) is 5.36. The molecular weight excluding hydrogens is 426 g/mol. The number of amides is 1. The van der Waals surface area contributed by atoms with Gasteiger partial charge in [-0.2, -0.15) is 0 Å². The van der Waals surface area contributed by atoms with Gasteiger partial charge in [0.05, 0.1) is 0 Å². The van der Waals surface area contributed by atoms with E-state index in [9.17, 15) is 4.79 Å². The minimum Gasteiger partial charge on any atom is -0.451 e. The summed E-state index contributed by atoms with van der Waals surface area (Å²) in [4.78, 5) is 19.6. The molecule has 0 unspecified atom stereocenters. The van der Waals surface area contributed by atoms with Crippen molar-refractivity contribution in [1.29, 1.82) is 0 Å². The number of furan rings is 1. The summed E-state index contributed by atoms with van der Waals surface area (Å²) in [5.41, 5.74) is 4.95. The summed E-state index contributed by atoms with van der Waals surface area (Å²) in [7, 11) is 4.10. The summed E-state index contributed by atoms with van der Waals surface area (Å²) >= 11 is 3.25. The van der Waals surface area contributed by atoms with E-state index in [1.165, 1.54) is 5.56 Å². The molecule has 2 aromatic carbocycles. The lowest BCUT2D eigenvalue weighted by molar-refractivity contribution is 0.0924. The third-order valence-electron chi connectivity index (χ3n) is 4.82. The second-order valence-corrected chi connectivity index (χ2v) is 9.77. The molecular formula is C24H25N3O2S2. The second-order valence-electron chi connectivity index (χ2n) is 7.69. The molecule has 0 aliphatic carbocycles. The summed E-state index contributed by atoms with van der Waals surface area (Å²) in [6.07, 6.45) is 0. The zero-order chi connectivity index (χ0) is 21.8. The molecule has 0 spiro atoms. The number of aryl methyl sites for hydroxylation is 1. The van der Waals surface area contributed by atoms with E-state index in [4.69, 9.17) is 4.42 Å². The SMILES string of the molecule is Cc1csc(SCc2c(C(=O)NCc3ccc(CN(C)C)cc3)oc3ccccc23)n1. The van der Waals surface area contributed by atoms with Gasteiger partial charge in [-0.25, -0.2) is 4.98 Å². The van der Waals surface area contributed by atoms with E-state index in [1.807, 2.05) is 50.7 Å². The highest BCUT2D eigenvalue weighted by atomic mass is 32.2. The van der Waals surface area contributed by atoms with Gasteiger partial charge in [-0.1, -0.05) is 54.2 Å². The minimum absolute atomic E-state index is 0.195. The van der Waals surface area contributed by atoms with Crippen molar-refractivity contribution in [2.45, 2.75) is 30.1 Å². The number of thioether (sulfide) groups is 1. The smallest absolute Gasteiger partial charge is 0.287 e. The molecule has 0 fully saturated rings. The van der Waals surface area contributed by atoms with Crippen LogP contribution in [0.1, 0.15) is 32.9 Å². The highest BCUT2D eigenvalue weighted by Gasteiger charge is 2.21.